The molecule has 0 fully saturated rings. The molecule has 1 rings (SSSR count). The average molecular weight is 260 g/mol. The van der Waals surface area contributed by atoms with Gasteiger partial charge < -0.3 is 15.6 Å². The van der Waals surface area contributed by atoms with Crippen molar-refractivity contribution >= 4 is 24.1 Å². The number of carbonyl (C=O) groups is 1. The lowest BCUT2D eigenvalue weighted by atomic mass is 10.2. The highest BCUT2D eigenvalue weighted by Gasteiger charge is 1.97. The number of ether oxygens (including phenoxy) is 1. The number of rotatable bonds is 7. The van der Waals surface area contributed by atoms with Crippen LogP contribution in [-0.2, 0) is 4.79 Å². The van der Waals surface area contributed by atoms with Crippen molar-refractivity contribution in [2.24, 2.45) is 0 Å². The van der Waals surface area contributed by atoms with Crippen LogP contribution in [0.5, 0.6) is 5.75 Å². The van der Waals surface area contributed by atoms with Gasteiger partial charge in [0.2, 0.25) is 0 Å². The molecule has 4 nitrogen and oxygen atoms in total. The fourth-order valence-electron chi connectivity index (χ4n) is 1.31. The van der Waals surface area contributed by atoms with Gasteiger partial charge in [-0.05, 0) is 43.5 Å². The van der Waals surface area contributed by atoms with Crippen molar-refractivity contribution in [3.05, 3.63) is 24.3 Å². The van der Waals surface area contributed by atoms with Crippen LogP contribution in [0.25, 0.3) is 0 Å². The van der Waals surface area contributed by atoms with Crippen LogP contribution in [0.15, 0.2) is 24.3 Å². The Morgan fingerprint density at radius 2 is 1.82 bits per heavy atom. The maximum Gasteiger partial charge on any atom is 0.303 e. The summed E-state index contributed by atoms with van der Waals surface area (Å²) in [7, 11) is 0. The lowest BCUT2D eigenvalue weighted by molar-refractivity contribution is -0.137. The lowest BCUT2D eigenvalue weighted by Crippen LogP contribution is -1.99. The zero-order chi connectivity index (χ0) is 11.8. The molecule has 0 aliphatic rings. The van der Waals surface area contributed by atoms with Crippen LogP contribution in [0.2, 0.25) is 0 Å². The fraction of sp³-hybridized carbons (Fsp3) is 0.417. The number of carboxylic acid groups (broad SMARTS) is 1. The highest BCUT2D eigenvalue weighted by molar-refractivity contribution is 5.85. The van der Waals surface area contributed by atoms with Crippen LogP contribution in [0, 0.1) is 0 Å². The smallest absolute Gasteiger partial charge is 0.303 e. The zero-order valence-electron chi connectivity index (χ0n) is 9.59. The van der Waals surface area contributed by atoms with Crippen molar-refractivity contribution in [1.29, 1.82) is 0 Å². The summed E-state index contributed by atoms with van der Waals surface area (Å²) >= 11 is 0. The third-order valence-corrected chi connectivity index (χ3v) is 2.18. The zero-order valence-corrected chi connectivity index (χ0v) is 10.4. The minimum absolute atomic E-state index is 0. The molecule has 0 saturated carbocycles. The van der Waals surface area contributed by atoms with Gasteiger partial charge in [0.05, 0.1) is 6.61 Å². The van der Waals surface area contributed by atoms with Gasteiger partial charge in [-0.15, -0.1) is 12.4 Å². The van der Waals surface area contributed by atoms with Crippen molar-refractivity contribution in [2.75, 3.05) is 12.3 Å². The first kappa shape index (κ1) is 15.6. The van der Waals surface area contributed by atoms with E-state index in [9.17, 15) is 4.79 Å². The van der Waals surface area contributed by atoms with Gasteiger partial charge in [0, 0.05) is 12.1 Å². The third-order valence-electron chi connectivity index (χ3n) is 2.18. The van der Waals surface area contributed by atoms with E-state index in [2.05, 4.69) is 0 Å². The molecule has 0 unspecified atom stereocenters. The second-order valence-electron chi connectivity index (χ2n) is 3.62. The summed E-state index contributed by atoms with van der Waals surface area (Å²) in [5, 5.41) is 8.43. The van der Waals surface area contributed by atoms with Crippen LogP contribution in [0.3, 0.4) is 0 Å². The first-order valence-corrected chi connectivity index (χ1v) is 5.38. The Morgan fingerprint density at radius 3 is 2.41 bits per heavy atom. The standard InChI is InChI=1S/C12H17NO3.ClH/c13-10-5-7-11(8-6-10)16-9-3-1-2-4-12(14)15;/h5-8H,1-4,9,13H2,(H,14,15);1H. The number of carboxylic acids is 1. The molecule has 0 heterocycles. The number of hydrogen-bond acceptors (Lipinski definition) is 3. The van der Waals surface area contributed by atoms with Gasteiger partial charge in [-0.3, -0.25) is 4.79 Å². The number of anilines is 1. The normalized spacial score (nSPS) is 9.41. The maximum atomic E-state index is 10.2. The Hall–Kier alpha value is -1.42. The van der Waals surface area contributed by atoms with Gasteiger partial charge in [0.1, 0.15) is 5.75 Å². The largest absolute Gasteiger partial charge is 0.494 e. The van der Waals surface area contributed by atoms with Crippen molar-refractivity contribution in [3.8, 4) is 5.75 Å². The first-order valence-electron chi connectivity index (χ1n) is 5.38. The summed E-state index contributed by atoms with van der Waals surface area (Å²) < 4.78 is 5.47. The topological polar surface area (TPSA) is 72.5 Å². The Morgan fingerprint density at radius 1 is 1.18 bits per heavy atom. The monoisotopic (exact) mass is 259 g/mol. The van der Waals surface area contributed by atoms with E-state index in [0.717, 1.165) is 18.6 Å². The SMILES string of the molecule is Cl.Nc1ccc(OCCCCCC(=O)O)cc1. The second-order valence-corrected chi connectivity index (χ2v) is 3.62. The Kier molecular flexibility index (Phi) is 7.97. The summed E-state index contributed by atoms with van der Waals surface area (Å²) in [6, 6.07) is 7.23. The molecule has 1 aromatic rings. The van der Waals surface area contributed by atoms with Crippen LogP contribution in [-0.4, -0.2) is 17.7 Å². The number of unbranched alkanes of at least 4 members (excludes halogenated alkanes) is 2. The molecule has 0 bridgehead atoms. The molecule has 5 heteroatoms. The summed E-state index contributed by atoms with van der Waals surface area (Å²) in [5.41, 5.74) is 6.25. The summed E-state index contributed by atoms with van der Waals surface area (Å²) in [5.74, 6) is 0.0619. The molecule has 0 spiro atoms. The van der Waals surface area contributed by atoms with Gasteiger partial charge >= 0.3 is 5.97 Å². The van der Waals surface area contributed by atoms with E-state index in [1.54, 1.807) is 12.1 Å². The van der Waals surface area contributed by atoms with E-state index >= 15 is 0 Å². The van der Waals surface area contributed by atoms with Gasteiger partial charge in [-0.2, -0.15) is 0 Å². The summed E-state index contributed by atoms with van der Waals surface area (Å²) in [4.78, 5) is 10.2. The second kappa shape index (κ2) is 8.70. The summed E-state index contributed by atoms with van der Waals surface area (Å²) in [6.45, 7) is 0.615. The number of nitrogen functional groups attached to an aromatic ring is 1. The van der Waals surface area contributed by atoms with Crippen molar-refractivity contribution in [1.82, 2.24) is 0 Å². The summed E-state index contributed by atoms with van der Waals surface area (Å²) in [6.07, 6.45) is 2.70. The molecule has 0 aliphatic heterocycles. The molecule has 96 valence electrons. The molecule has 0 amide bonds. The van der Waals surface area contributed by atoms with Gasteiger partial charge in [0.25, 0.3) is 0 Å². The van der Waals surface area contributed by atoms with E-state index in [-0.39, 0.29) is 18.8 Å². The predicted octanol–water partition coefficient (Wildman–Crippen LogP) is 2.71. The fourth-order valence-corrected chi connectivity index (χ4v) is 1.31. The molecule has 3 N–H and O–H groups in total. The molecule has 0 atom stereocenters. The molecule has 17 heavy (non-hydrogen) atoms. The molecule has 0 aromatic heterocycles. The Bertz CT molecular complexity index is 327. The molecule has 1 aromatic carbocycles. The van der Waals surface area contributed by atoms with E-state index < -0.39 is 5.97 Å². The lowest BCUT2D eigenvalue weighted by Gasteiger charge is -2.05. The van der Waals surface area contributed by atoms with Crippen LogP contribution in [0.4, 0.5) is 5.69 Å². The number of halogens is 1. The quantitative estimate of drug-likeness (QED) is 0.583. The van der Waals surface area contributed by atoms with Crippen molar-refractivity contribution in [2.45, 2.75) is 25.7 Å². The van der Waals surface area contributed by atoms with Gasteiger partial charge in [-0.25, -0.2) is 0 Å². The van der Waals surface area contributed by atoms with Gasteiger partial charge in [0.15, 0.2) is 0 Å². The Labute approximate surface area is 107 Å². The number of benzene rings is 1. The maximum absolute atomic E-state index is 10.2. The number of hydrogen-bond donors (Lipinski definition) is 2. The van der Waals surface area contributed by atoms with Crippen LogP contribution < -0.4 is 10.5 Å². The van der Waals surface area contributed by atoms with Crippen LogP contribution >= 0.6 is 12.4 Å². The van der Waals surface area contributed by atoms with E-state index in [0.29, 0.717) is 18.7 Å². The highest BCUT2D eigenvalue weighted by Crippen LogP contribution is 2.13. The molecule has 0 saturated heterocycles. The average Bonchev–Trinajstić information content (AvgIpc) is 2.25. The number of aliphatic carboxylic acids is 1. The molecule has 0 aliphatic carbocycles. The number of nitrogens with two attached hydrogens (primary N) is 1. The van der Waals surface area contributed by atoms with E-state index in [1.807, 2.05) is 12.1 Å². The predicted molar refractivity (Wildman–Crippen MR) is 69.7 cm³/mol. The minimum Gasteiger partial charge on any atom is -0.494 e. The molecular weight excluding hydrogens is 242 g/mol. The molecule has 0 radical (unpaired) electrons. The highest BCUT2D eigenvalue weighted by atomic mass is 35.5. The van der Waals surface area contributed by atoms with Crippen LogP contribution in [0.1, 0.15) is 25.7 Å². The van der Waals surface area contributed by atoms with E-state index in [1.165, 1.54) is 0 Å². The first-order chi connectivity index (χ1) is 7.68. The molecular formula is C12H18ClNO3. The minimum atomic E-state index is -0.737. The van der Waals surface area contributed by atoms with Crippen molar-refractivity contribution in [3.63, 3.8) is 0 Å². The third kappa shape index (κ3) is 7.47. The van der Waals surface area contributed by atoms with Crippen molar-refractivity contribution < 1.29 is 14.6 Å². The van der Waals surface area contributed by atoms with Gasteiger partial charge in [-0.1, -0.05) is 0 Å². The Balaban J connectivity index is 0.00000256. The van der Waals surface area contributed by atoms with E-state index in [4.69, 9.17) is 15.6 Å².